The van der Waals surface area contributed by atoms with Crippen LogP contribution in [0.3, 0.4) is 0 Å². The van der Waals surface area contributed by atoms with E-state index in [1.165, 1.54) is 104 Å². The summed E-state index contributed by atoms with van der Waals surface area (Å²) in [5.74, 6) is 8.33. The molecule has 3 aromatic carbocycles. The SMILES string of the molecule is C=C[CH2][Sn]([C](=P)C12CC3CC(CC(C3)C1)C2)[C](=Pc1c(-c2c(C(C)C)cc(C(C)C)cc2C(C)C)cccc1-c1c(C(C)C)cc(C(C)C)cc1C(C)C)C12CC3CC(CC(C3)C1)C2. The first-order chi connectivity index (χ1) is 30.4. The molecule has 64 heavy (non-hydrogen) atoms. The average molecular weight is 999 g/mol. The summed E-state index contributed by atoms with van der Waals surface area (Å²) in [6.07, 6.45) is 20.2. The molecule has 0 nitrogen and oxygen atoms in total. The first kappa shape index (κ1) is 47.6. The zero-order valence-corrected chi connectivity index (χ0v) is 47.1. The number of benzene rings is 3. The van der Waals surface area contributed by atoms with Gasteiger partial charge in [-0.3, -0.25) is 0 Å². The van der Waals surface area contributed by atoms with Crippen molar-refractivity contribution in [2.24, 2.45) is 46.3 Å². The van der Waals surface area contributed by atoms with E-state index in [2.05, 4.69) is 142 Å². The fourth-order valence-electron chi connectivity index (χ4n) is 15.8. The van der Waals surface area contributed by atoms with Crippen molar-refractivity contribution < 1.29 is 0 Å². The molecule has 8 aliphatic carbocycles. The summed E-state index contributed by atoms with van der Waals surface area (Å²) in [6.45, 7) is 34.0. The molecule has 8 saturated carbocycles. The van der Waals surface area contributed by atoms with Crippen LogP contribution in [0.2, 0.25) is 4.44 Å². The van der Waals surface area contributed by atoms with Crippen LogP contribution < -0.4 is 5.30 Å². The van der Waals surface area contributed by atoms with Gasteiger partial charge in [-0.1, -0.05) is 0 Å². The van der Waals surface area contributed by atoms with Crippen LogP contribution in [0.5, 0.6) is 0 Å². The van der Waals surface area contributed by atoms with E-state index in [1.807, 2.05) is 3.31 Å². The van der Waals surface area contributed by atoms with E-state index in [0.29, 0.717) is 46.3 Å². The van der Waals surface area contributed by atoms with E-state index in [1.54, 1.807) is 46.9 Å². The molecule has 8 bridgehead atoms. The van der Waals surface area contributed by atoms with Crippen molar-refractivity contribution in [3.8, 4) is 22.3 Å². The van der Waals surface area contributed by atoms with E-state index in [9.17, 15) is 0 Å². The number of hydrogen-bond donors (Lipinski definition) is 0. The third-order valence-electron chi connectivity index (χ3n) is 18.1. The van der Waals surface area contributed by atoms with Gasteiger partial charge in [-0.15, -0.1) is 0 Å². The fourth-order valence-corrected chi connectivity index (χ4v) is 31.3. The van der Waals surface area contributed by atoms with Gasteiger partial charge in [0.15, 0.2) is 0 Å². The van der Waals surface area contributed by atoms with Gasteiger partial charge in [0.05, 0.1) is 0 Å². The minimum atomic E-state index is -2.59. The van der Waals surface area contributed by atoms with Crippen LogP contribution in [0.4, 0.5) is 0 Å². The summed E-state index contributed by atoms with van der Waals surface area (Å²) in [7, 11) is 6.50. The van der Waals surface area contributed by atoms with Gasteiger partial charge in [-0.05, 0) is 0 Å². The van der Waals surface area contributed by atoms with Crippen molar-refractivity contribution in [2.75, 3.05) is 0 Å². The van der Waals surface area contributed by atoms with E-state index in [4.69, 9.17) is 8.86 Å². The van der Waals surface area contributed by atoms with Gasteiger partial charge in [0.2, 0.25) is 0 Å². The molecule has 0 N–H and O–H groups in total. The average Bonchev–Trinajstić information content (AvgIpc) is 3.22. The fraction of sp³-hybridized carbons (Fsp3) is 0.639. The first-order valence-corrected chi connectivity index (χ1v) is 32.8. The number of hydrogen-bond acceptors (Lipinski definition) is 0. The van der Waals surface area contributed by atoms with E-state index >= 15 is 0 Å². The Balaban J connectivity index is 1.39. The molecule has 11 rings (SSSR count). The summed E-state index contributed by atoms with van der Waals surface area (Å²) in [5.41, 5.74) is 16.2. The molecule has 0 amide bonds. The van der Waals surface area contributed by atoms with Gasteiger partial charge in [-0.25, -0.2) is 0 Å². The molecule has 0 aliphatic heterocycles. The van der Waals surface area contributed by atoms with Gasteiger partial charge >= 0.3 is 406 Å². The third kappa shape index (κ3) is 8.65. The van der Waals surface area contributed by atoms with Crippen LogP contribution in [0.15, 0.2) is 55.1 Å². The van der Waals surface area contributed by atoms with Crippen molar-refractivity contribution in [3.63, 3.8) is 0 Å². The monoisotopic (exact) mass is 1000 g/mol. The van der Waals surface area contributed by atoms with Gasteiger partial charge < -0.3 is 0 Å². The zero-order valence-electron chi connectivity index (χ0n) is 42.4. The Morgan fingerprint density at radius 3 is 1.19 bits per heavy atom. The van der Waals surface area contributed by atoms with Crippen molar-refractivity contribution in [1.29, 1.82) is 0 Å². The number of allylic oxidation sites excluding steroid dienone is 1. The van der Waals surface area contributed by atoms with Gasteiger partial charge in [0.1, 0.15) is 0 Å². The second-order valence-electron chi connectivity index (χ2n) is 25.0. The maximum absolute atomic E-state index is 4.93. The maximum atomic E-state index is 4.93. The predicted molar refractivity (Wildman–Crippen MR) is 289 cm³/mol. The summed E-state index contributed by atoms with van der Waals surface area (Å²) in [4.78, 5) is 0. The summed E-state index contributed by atoms with van der Waals surface area (Å²) in [5, 5.41) is 1.64. The molecule has 0 heterocycles. The summed E-state index contributed by atoms with van der Waals surface area (Å²) < 4.78 is 5.22. The molecule has 8 aliphatic rings. The molecule has 0 atom stereocenters. The van der Waals surface area contributed by atoms with Crippen LogP contribution in [0.1, 0.15) is 229 Å². The molecule has 0 saturated heterocycles. The molecular formula is C61H85P2Sn. The molecule has 1 radical (unpaired) electrons. The van der Waals surface area contributed by atoms with E-state index in [0.717, 1.165) is 35.5 Å². The Morgan fingerprint density at radius 1 is 0.562 bits per heavy atom. The molecule has 3 aromatic rings. The Hall–Kier alpha value is -1.46. The molecule has 0 spiro atoms. The van der Waals surface area contributed by atoms with Crippen LogP contribution in [0.25, 0.3) is 22.3 Å². The predicted octanol–water partition coefficient (Wildman–Crippen LogP) is 18.0. The molecule has 0 unspecified atom stereocenters. The topological polar surface area (TPSA) is 0 Å². The van der Waals surface area contributed by atoms with E-state index < -0.39 is 19.8 Å². The van der Waals surface area contributed by atoms with E-state index in [-0.39, 0.29) is 0 Å². The van der Waals surface area contributed by atoms with Crippen molar-refractivity contribution >= 4 is 48.8 Å². The Labute approximate surface area is 403 Å². The van der Waals surface area contributed by atoms with Gasteiger partial charge in [0.25, 0.3) is 0 Å². The van der Waals surface area contributed by atoms with Crippen molar-refractivity contribution in [2.45, 2.75) is 200 Å². The summed E-state index contributed by atoms with van der Waals surface area (Å²) in [6, 6.07) is 18.2. The first-order valence-electron chi connectivity index (χ1n) is 26.6. The minimum absolute atomic E-state index is 0.366. The Bertz CT molecular complexity index is 2070. The molecule has 3 heteroatoms. The summed E-state index contributed by atoms with van der Waals surface area (Å²) >= 11 is -2.59. The normalized spacial score (nSPS) is 29.6. The van der Waals surface area contributed by atoms with Crippen LogP contribution in [0, 0.1) is 46.3 Å². The van der Waals surface area contributed by atoms with Gasteiger partial charge in [-0.2, -0.15) is 0 Å². The molecule has 8 fully saturated rings. The second kappa shape index (κ2) is 18.5. The zero-order chi connectivity index (χ0) is 45.6. The Morgan fingerprint density at radius 2 is 0.891 bits per heavy atom. The quantitative estimate of drug-likeness (QED) is 0.0809. The molecule has 0 aromatic heterocycles. The van der Waals surface area contributed by atoms with Crippen molar-refractivity contribution in [3.05, 3.63) is 88.5 Å². The standard InChI is InChI=1S/C47H64P.C11H16P.C3H5.Sn/c1-27(2)36-19-40(29(5)6)44(41(20-36)30(7)8)38-14-13-15-39(45-42(31(9)10)21-37(28(3)4)22-43(45)32(11)12)46(38)48-26-47-23-33-16-34(24-47)18-35(17-33)25-47;12-7-11-4-8-1-9(5-11)3-10(2-8)6-11;1-3-2;/h13-15,19-22,27-35H,16-18,23-25H2,1-12H3;8-10,12H,1-6H2;3H,1-2H2;. The van der Waals surface area contributed by atoms with Crippen LogP contribution in [-0.2, 0) is 0 Å². The molecule has 343 valence electrons. The van der Waals surface area contributed by atoms with Gasteiger partial charge in [0, 0.05) is 0 Å². The molecular weight excluding hydrogens is 913 g/mol. The van der Waals surface area contributed by atoms with Crippen molar-refractivity contribution in [1.82, 2.24) is 0 Å². The second-order valence-corrected chi connectivity index (χ2v) is 36.0. The third-order valence-corrected chi connectivity index (χ3v) is 33.2. The van der Waals surface area contributed by atoms with Crippen LogP contribution in [-0.4, -0.2) is 26.4 Å². The number of rotatable bonds is 15. The van der Waals surface area contributed by atoms with Crippen LogP contribution >= 0.6 is 17.1 Å². The Kier molecular flexibility index (Phi) is 13.7.